The Bertz CT molecular complexity index is 399. The summed E-state index contributed by atoms with van der Waals surface area (Å²) in [6, 6.07) is 4.88. The third-order valence-electron chi connectivity index (χ3n) is 2.36. The van der Waals surface area contributed by atoms with Crippen LogP contribution in [0.25, 0.3) is 0 Å². The first-order chi connectivity index (χ1) is 7.54. The van der Waals surface area contributed by atoms with Crippen LogP contribution < -0.4 is 5.32 Å². The molecule has 1 unspecified atom stereocenters. The molecule has 0 spiro atoms. The highest BCUT2D eigenvalue weighted by molar-refractivity contribution is 5.94. The smallest absolute Gasteiger partial charge is 0.251 e. The zero-order valence-corrected chi connectivity index (χ0v) is 9.66. The van der Waals surface area contributed by atoms with E-state index in [4.69, 9.17) is 0 Å². The molecule has 3 heteroatoms. The van der Waals surface area contributed by atoms with Crippen LogP contribution in [0.5, 0.6) is 5.75 Å². The molecule has 0 heterocycles. The number of nitrogens with one attached hydrogen (secondary N) is 1. The van der Waals surface area contributed by atoms with Gasteiger partial charge in [0.15, 0.2) is 0 Å². The number of benzene rings is 1. The Morgan fingerprint density at radius 1 is 1.62 bits per heavy atom. The van der Waals surface area contributed by atoms with Gasteiger partial charge in [0.2, 0.25) is 0 Å². The molecule has 86 valence electrons. The highest BCUT2D eigenvalue weighted by Crippen LogP contribution is 2.16. The van der Waals surface area contributed by atoms with E-state index >= 15 is 0 Å². The lowest BCUT2D eigenvalue weighted by molar-refractivity contribution is 0.0940. The second-order valence-corrected chi connectivity index (χ2v) is 3.90. The van der Waals surface area contributed by atoms with E-state index in [2.05, 4.69) is 11.9 Å². The van der Waals surface area contributed by atoms with Gasteiger partial charge in [0.1, 0.15) is 5.75 Å². The fourth-order valence-corrected chi connectivity index (χ4v) is 1.41. The topological polar surface area (TPSA) is 49.3 Å². The highest BCUT2D eigenvalue weighted by Gasteiger charge is 2.09. The molecule has 0 bridgehead atoms. The molecule has 0 aromatic heterocycles. The molecule has 0 aliphatic carbocycles. The summed E-state index contributed by atoms with van der Waals surface area (Å²) >= 11 is 0. The number of rotatable bonds is 4. The van der Waals surface area contributed by atoms with Crippen molar-refractivity contribution in [1.29, 1.82) is 0 Å². The van der Waals surface area contributed by atoms with Crippen LogP contribution >= 0.6 is 0 Å². The van der Waals surface area contributed by atoms with E-state index in [1.54, 1.807) is 25.1 Å². The molecule has 0 aliphatic rings. The zero-order chi connectivity index (χ0) is 12.1. The molecular formula is C13H17NO2. The Balaban J connectivity index is 2.73. The van der Waals surface area contributed by atoms with Crippen molar-refractivity contribution in [2.75, 3.05) is 0 Å². The van der Waals surface area contributed by atoms with E-state index in [0.717, 1.165) is 6.42 Å². The summed E-state index contributed by atoms with van der Waals surface area (Å²) < 4.78 is 0. The van der Waals surface area contributed by atoms with E-state index in [1.807, 2.05) is 6.92 Å². The van der Waals surface area contributed by atoms with Gasteiger partial charge in [-0.1, -0.05) is 6.08 Å². The van der Waals surface area contributed by atoms with Crippen LogP contribution in [0.15, 0.2) is 30.9 Å². The van der Waals surface area contributed by atoms with Crippen LogP contribution in [0, 0.1) is 6.92 Å². The van der Waals surface area contributed by atoms with Gasteiger partial charge in [-0.2, -0.15) is 0 Å². The number of aryl methyl sites for hydroxylation is 1. The Labute approximate surface area is 95.8 Å². The van der Waals surface area contributed by atoms with Crippen molar-refractivity contribution in [2.45, 2.75) is 26.3 Å². The number of carbonyl (C=O) groups is 1. The minimum Gasteiger partial charge on any atom is -0.508 e. The van der Waals surface area contributed by atoms with Crippen molar-refractivity contribution < 1.29 is 9.90 Å². The maximum absolute atomic E-state index is 11.8. The average molecular weight is 219 g/mol. The first-order valence-electron chi connectivity index (χ1n) is 5.26. The SMILES string of the molecule is C=CCC(C)NC(=O)c1ccc(O)c(C)c1. The molecule has 1 aromatic carbocycles. The number of carbonyl (C=O) groups excluding carboxylic acids is 1. The number of phenolic OH excluding ortho intramolecular Hbond substituents is 1. The summed E-state index contributed by atoms with van der Waals surface area (Å²) in [6.07, 6.45) is 2.51. The van der Waals surface area contributed by atoms with Crippen molar-refractivity contribution in [3.63, 3.8) is 0 Å². The third kappa shape index (κ3) is 3.12. The molecule has 0 saturated heterocycles. The second-order valence-electron chi connectivity index (χ2n) is 3.90. The van der Waals surface area contributed by atoms with Gasteiger partial charge >= 0.3 is 0 Å². The van der Waals surface area contributed by atoms with Gasteiger partial charge < -0.3 is 10.4 Å². The van der Waals surface area contributed by atoms with Crippen molar-refractivity contribution in [3.8, 4) is 5.75 Å². The summed E-state index contributed by atoms with van der Waals surface area (Å²) in [7, 11) is 0. The third-order valence-corrected chi connectivity index (χ3v) is 2.36. The van der Waals surface area contributed by atoms with Gasteiger partial charge in [-0.05, 0) is 44.0 Å². The molecule has 1 rings (SSSR count). The molecule has 0 fully saturated rings. The van der Waals surface area contributed by atoms with Gasteiger partial charge in [-0.25, -0.2) is 0 Å². The van der Waals surface area contributed by atoms with Crippen LogP contribution in [-0.2, 0) is 0 Å². The van der Waals surface area contributed by atoms with E-state index in [-0.39, 0.29) is 17.7 Å². The Kier molecular flexibility index (Phi) is 4.11. The van der Waals surface area contributed by atoms with Crippen molar-refractivity contribution >= 4 is 5.91 Å². The maximum atomic E-state index is 11.8. The molecule has 1 aromatic rings. The van der Waals surface area contributed by atoms with Crippen LogP contribution in [-0.4, -0.2) is 17.1 Å². The standard InChI is InChI=1S/C13H17NO2/c1-4-5-10(3)14-13(16)11-6-7-12(15)9(2)8-11/h4,6-8,10,15H,1,5H2,2-3H3,(H,14,16). The largest absolute Gasteiger partial charge is 0.508 e. The molecule has 1 atom stereocenters. The average Bonchev–Trinajstić information content (AvgIpc) is 2.22. The van der Waals surface area contributed by atoms with Crippen LogP contribution in [0.1, 0.15) is 29.3 Å². The quantitative estimate of drug-likeness (QED) is 0.764. The number of hydrogen-bond donors (Lipinski definition) is 2. The van der Waals surface area contributed by atoms with E-state index in [0.29, 0.717) is 11.1 Å². The first kappa shape index (κ1) is 12.3. The Morgan fingerprint density at radius 3 is 2.88 bits per heavy atom. The molecular weight excluding hydrogens is 202 g/mol. The van der Waals surface area contributed by atoms with E-state index in [1.165, 1.54) is 6.07 Å². The number of hydrogen-bond acceptors (Lipinski definition) is 2. The maximum Gasteiger partial charge on any atom is 0.251 e. The van der Waals surface area contributed by atoms with Crippen LogP contribution in [0.2, 0.25) is 0 Å². The van der Waals surface area contributed by atoms with Gasteiger partial charge in [-0.15, -0.1) is 6.58 Å². The predicted molar refractivity (Wildman–Crippen MR) is 64.6 cm³/mol. The number of amides is 1. The molecule has 1 amide bonds. The lowest BCUT2D eigenvalue weighted by atomic mass is 10.1. The zero-order valence-electron chi connectivity index (χ0n) is 9.66. The predicted octanol–water partition coefficient (Wildman–Crippen LogP) is 2.40. The summed E-state index contributed by atoms with van der Waals surface area (Å²) in [5.41, 5.74) is 1.26. The minimum absolute atomic E-state index is 0.0686. The molecule has 2 N–H and O–H groups in total. The van der Waals surface area contributed by atoms with Crippen molar-refractivity contribution in [3.05, 3.63) is 42.0 Å². The molecule has 0 aliphatic heterocycles. The Hall–Kier alpha value is -1.77. The minimum atomic E-state index is -0.127. The Morgan fingerprint density at radius 2 is 2.31 bits per heavy atom. The van der Waals surface area contributed by atoms with Crippen LogP contribution in [0.3, 0.4) is 0 Å². The van der Waals surface area contributed by atoms with E-state index < -0.39 is 0 Å². The fourth-order valence-electron chi connectivity index (χ4n) is 1.41. The van der Waals surface area contributed by atoms with Gasteiger partial charge in [0, 0.05) is 11.6 Å². The fraction of sp³-hybridized carbons (Fsp3) is 0.308. The monoisotopic (exact) mass is 219 g/mol. The lowest BCUT2D eigenvalue weighted by Crippen LogP contribution is -2.32. The van der Waals surface area contributed by atoms with E-state index in [9.17, 15) is 9.90 Å². The molecule has 16 heavy (non-hydrogen) atoms. The van der Waals surface area contributed by atoms with Crippen LogP contribution in [0.4, 0.5) is 0 Å². The molecule has 3 nitrogen and oxygen atoms in total. The highest BCUT2D eigenvalue weighted by atomic mass is 16.3. The second kappa shape index (κ2) is 5.35. The summed E-state index contributed by atoms with van der Waals surface area (Å²) in [4.78, 5) is 11.8. The van der Waals surface area contributed by atoms with Gasteiger partial charge in [0.25, 0.3) is 5.91 Å². The number of aromatic hydroxyl groups is 1. The summed E-state index contributed by atoms with van der Waals surface area (Å²) in [6.45, 7) is 7.31. The molecule has 0 radical (unpaired) electrons. The summed E-state index contributed by atoms with van der Waals surface area (Å²) in [5.74, 6) is 0.0770. The normalized spacial score (nSPS) is 11.9. The van der Waals surface area contributed by atoms with Crippen molar-refractivity contribution in [2.24, 2.45) is 0 Å². The lowest BCUT2D eigenvalue weighted by Gasteiger charge is -2.12. The first-order valence-corrected chi connectivity index (χ1v) is 5.26. The van der Waals surface area contributed by atoms with Gasteiger partial charge in [-0.3, -0.25) is 4.79 Å². The van der Waals surface area contributed by atoms with Gasteiger partial charge in [0.05, 0.1) is 0 Å². The molecule has 0 saturated carbocycles. The summed E-state index contributed by atoms with van der Waals surface area (Å²) in [5, 5.41) is 12.2. The number of phenols is 1. The van der Waals surface area contributed by atoms with Crippen molar-refractivity contribution in [1.82, 2.24) is 5.32 Å².